The lowest BCUT2D eigenvalue weighted by Gasteiger charge is -2.28. The molecular formula is C20H23ClN2OS. The second-order valence-corrected chi connectivity index (χ2v) is 8.15. The first kappa shape index (κ1) is 18.2. The Kier molecular flexibility index (Phi) is 6.27. The molecule has 2 aromatic rings. The molecule has 0 radical (unpaired) electrons. The number of nitrogens with one attached hydrogen (secondary N) is 1. The van der Waals surface area contributed by atoms with Gasteiger partial charge in [-0.25, -0.2) is 0 Å². The Bertz CT molecular complexity index is 697. The van der Waals surface area contributed by atoms with Crippen LogP contribution in [0.4, 0.5) is 11.4 Å². The van der Waals surface area contributed by atoms with Crippen molar-refractivity contribution in [2.75, 3.05) is 23.3 Å². The molecule has 0 saturated carbocycles. The summed E-state index contributed by atoms with van der Waals surface area (Å²) in [6, 6.07) is 15.7. The summed E-state index contributed by atoms with van der Waals surface area (Å²) in [5.74, 6) is 0.00525. The Balaban J connectivity index is 1.55. The van der Waals surface area contributed by atoms with E-state index in [1.54, 1.807) is 0 Å². The minimum Gasteiger partial charge on any atom is -0.372 e. The smallest absolute Gasteiger partial charge is 0.237 e. The van der Waals surface area contributed by atoms with Gasteiger partial charge in [0.05, 0.1) is 5.25 Å². The number of piperidine rings is 1. The highest BCUT2D eigenvalue weighted by atomic mass is 35.5. The number of amides is 1. The molecule has 2 aromatic carbocycles. The predicted molar refractivity (Wildman–Crippen MR) is 108 cm³/mol. The van der Waals surface area contributed by atoms with Crippen LogP contribution >= 0.6 is 23.4 Å². The van der Waals surface area contributed by atoms with Crippen molar-refractivity contribution in [1.82, 2.24) is 0 Å². The zero-order chi connectivity index (χ0) is 17.6. The molecule has 1 aliphatic rings. The van der Waals surface area contributed by atoms with E-state index in [0.29, 0.717) is 5.02 Å². The number of hydrogen-bond donors (Lipinski definition) is 1. The van der Waals surface area contributed by atoms with Crippen LogP contribution < -0.4 is 10.2 Å². The maximum Gasteiger partial charge on any atom is 0.237 e. The van der Waals surface area contributed by atoms with Crippen LogP contribution in [0.1, 0.15) is 26.2 Å². The van der Waals surface area contributed by atoms with Crippen molar-refractivity contribution in [2.45, 2.75) is 36.3 Å². The van der Waals surface area contributed by atoms with Crippen LogP contribution in [0.5, 0.6) is 0 Å². The van der Waals surface area contributed by atoms with E-state index in [0.717, 1.165) is 23.7 Å². The van der Waals surface area contributed by atoms with Gasteiger partial charge in [-0.05, 0) is 74.7 Å². The van der Waals surface area contributed by atoms with Crippen LogP contribution in [0.15, 0.2) is 53.4 Å². The number of carbonyl (C=O) groups excluding carboxylic acids is 1. The van der Waals surface area contributed by atoms with Crippen molar-refractivity contribution in [3.05, 3.63) is 53.6 Å². The summed E-state index contributed by atoms with van der Waals surface area (Å²) in [7, 11) is 0. The summed E-state index contributed by atoms with van der Waals surface area (Å²) >= 11 is 7.42. The van der Waals surface area contributed by atoms with Crippen molar-refractivity contribution in [1.29, 1.82) is 0 Å². The van der Waals surface area contributed by atoms with Gasteiger partial charge in [0.25, 0.3) is 0 Å². The second-order valence-electron chi connectivity index (χ2n) is 6.30. The van der Waals surface area contributed by atoms with Crippen LogP contribution in [-0.2, 0) is 4.79 Å². The van der Waals surface area contributed by atoms with Gasteiger partial charge in [0.2, 0.25) is 5.91 Å². The molecular weight excluding hydrogens is 352 g/mol. The third-order valence-electron chi connectivity index (χ3n) is 4.35. The summed E-state index contributed by atoms with van der Waals surface area (Å²) in [6.07, 6.45) is 3.85. The molecule has 1 saturated heterocycles. The highest BCUT2D eigenvalue weighted by Gasteiger charge is 2.15. The second kappa shape index (κ2) is 8.63. The molecule has 1 unspecified atom stereocenters. The molecule has 5 heteroatoms. The SMILES string of the molecule is CC(Sc1ccc(Cl)cc1)C(=O)Nc1ccc(N2CCCCC2)cc1. The van der Waals surface area contributed by atoms with Gasteiger partial charge in [-0.15, -0.1) is 11.8 Å². The summed E-state index contributed by atoms with van der Waals surface area (Å²) in [4.78, 5) is 15.8. The van der Waals surface area contributed by atoms with Gasteiger partial charge < -0.3 is 10.2 Å². The first-order valence-corrected chi connectivity index (χ1v) is 9.96. The largest absolute Gasteiger partial charge is 0.372 e. The Morgan fingerprint density at radius 1 is 1.04 bits per heavy atom. The maximum atomic E-state index is 12.4. The van der Waals surface area contributed by atoms with Crippen LogP contribution in [0.25, 0.3) is 0 Å². The number of hydrogen-bond acceptors (Lipinski definition) is 3. The normalized spacial score (nSPS) is 15.7. The van der Waals surface area contributed by atoms with Crippen LogP contribution in [0.2, 0.25) is 5.02 Å². The Morgan fingerprint density at radius 2 is 1.68 bits per heavy atom. The third kappa shape index (κ3) is 5.16. The van der Waals surface area contributed by atoms with Gasteiger partial charge >= 0.3 is 0 Å². The molecule has 3 rings (SSSR count). The molecule has 1 heterocycles. The maximum absolute atomic E-state index is 12.4. The molecule has 0 aliphatic carbocycles. The van der Waals surface area contributed by atoms with Crippen molar-refractivity contribution < 1.29 is 4.79 Å². The van der Waals surface area contributed by atoms with Crippen molar-refractivity contribution in [3.63, 3.8) is 0 Å². The molecule has 25 heavy (non-hydrogen) atoms. The van der Waals surface area contributed by atoms with E-state index < -0.39 is 0 Å². The zero-order valence-corrected chi connectivity index (χ0v) is 15.9. The van der Waals surface area contributed by atoms with Gasteiger partial charge in [0.1, 0.15) is 0 Å². The fraction of sp³-hybridized carbons (Fsp3) is 0.350. The lowest BCUT2D eigenvalue weighted by molar-refractivity contribution is -0.115. The van der Waals surface area contributed by atoms with E-state index >= 15 is 0 Å². The fourth-order valence-corrected chi connectivity index (χ4v) is 3.92. The lowest BCUT2D eigenvalue weighted by Crippen LogP contribution is -2.29. The fourth-order valence-electron chi connectivity index (χ4n) is 2.92. The Hall–Kier alpha value is -1.65. The number of thioether (sulfide) groups is 1. The van der Waals surface area contributed by atoms with Crippen molar-refractivity contribution in [3.8, 4) is 0 Å². The number of anilines is 2. The summed E-state index contributed by atoms with van der Waals surface area (Å²) in [5.41, 5.74) is 2.08. The number of carbonyl (C=O) groups is 1. The molecule has 132 valence electrons. The zero-order valence-electron chi connectivity index (χ0n) is 14.4. The molecule has 0 bridgehead atoms. The molecule has 1 N–H and O–H groups in total. The van der Waals surface area contributed by atoms with E-state index in [4.69, 9.17) is 11.6 Å². The van der Waals surface area contributed by atoms with Crippen molar-refractivity contribution >= 4 is 40.6 Å². The quantitative estimate of drug-likeness (QED) is 0.706. The monoisotopic (exact) mass is 374 g/mol. The van der Waals surface area contributed by atoms with Gasteiger partial charge in [0.15, 0.2) is 0 Å². The minimum absolute atomic E-state index is 0.00525. The van der Waals surface area contributed by atoms with Crippen LogP contribution in [0.3, 0.4) is 0 Å². The third-order valence-corrected chi connectivity index (χ3v) is 5.72. The van der Waals surface area contributed by atoms with E-state index in [9.17, 15) is 4.79 Å². The van der Waals surface area contributed by atoms with Gasteiger partial charge in [0, 0.05) is 34.4 Å². The minimum atomic E-state index is -0.178. The molecule has 1 atom stereocenters. The van der Waals surface area contributed by atoms with Gasteiger partial charge in [-0.3, -0.25) is 4.79 Å². The number of rotatable bonds is 5. The number of halogens is 1. The van der Waals surface area contributed by atoms with E-state index in [1.807, 2.05) is 43.3 Å². The predicted octanol–water partition coefficient (Wildman–Crippen LogP) is 5.45. The van der Waals surface area contributed by atoms with Crippen molar-refractivity contribution in [2.24, 2.45) is 0 Å². The van der Waals surface area contributed by atoms with Crippen LogP contribution in [0, 0.1) is 0 Å². The Labute approximate surface area is 158 Å². The first-order chi connectivity index (χ1) is 12.1. The molecule has 1 fully saturated rings. The lowest BCUT2D eigenvalue weighted by atomic mass is 10.1. The first-order valence-electron chi connectivity index (χ1n) is 8.70. The van der Waals surface area contributed by atoms with E-state index in [1.165, 1.54) is 36.7 Å². The standard InChI is InChI=1S/C20H23ClN2OS/c1-15(25-19-11-5-16(21)6-12-19)20(24)22-17-7-9-18(10-8-17)23-13-3-2-4-14-23/h5-12,15H,2-4,13-14H2,1H3,(H,22,24). The molecule has 3 nitrogen and oxygen atoms in total. The molecule has 1 aliphatic heterocycles. The number of benzene rings is 2. The number of nitrogens with zero attached hydrogens (tertiary/aromatic N) is 1. The summed E-state index contributed by atoms with van der Waals surface area (Å²) in [5, 5.41) is 3.53. The van der Waals surface area contributed by atoms with E-state index in [2.05, 4.69) is 22.3 Å². The Morgan fingerprint density at radius 3 is 2.32 bits per heavy atom. The highest BCUT2D eigenvalue weighted by Crippen LogP contribution is 2.26. The average Bonchev–Trinajstić information content (AvgIpc) is 2.65. The average molecular weight is 375 g/mol. The van der Waals surface area contributed by atoms with Crippen LogP contribution in [-0.4, -0.2) is 24.2 Å². The summed E-state index contributed by atoms with van der Waals surface area (Å²) in [6.45, 7) is 4.16. The highest BCUT2D eigenvalue weighted by molar-refractivity contribution is 8.00. The van der Waals surface area contributed by atoms with Gasteiger partial charge in [-0.1, -0.05) is 11.6 Å². The topological polar surface area (TPSA) is 32.3 Å². The molecule has 0 aromatic heterocycles. The molecule has 0 spiro atoms. The van der Waals surface area contributed by atoms with Gasteiger partial charge in [-0.2, -0.15) is 0 Å². The summed E-state index contributed by atoms with van der Waals surface area (Å²) < 4.78 is 0. The molecule has 1 amide bonds. The van der Waals surface area contributed by atoms with E-state index in [-0.39, 0.29) is 11.2 Å².